The summed E-state index contributed by atoms with van der Waals surface area (Å²) in [6.45, 7) is 1.27. The van der Waals surface area contributed by atoms with Crippen LogP contribution in [0.3, 0.4) is 0 Å². The van der Waals surface area contributed by atoms with E-state index in [2.05, 4.69) is 5.32 Å². The van der Waals surface area contributed by atoms with E-state index in [1.807, 2.05) is 0 Å². The minimum absolute atomic E-state index is 0.0953. The van der Waals surface area contributed by atoms with Crippen LogP contribution in [0, 0.1) is 11.7 Å². The number of benzene rings is 1. The second kappa shape index (κ2) is 5.66. The van der Waals surface area contributed by atoms with E-state index in [9.17, 15) is 17.6 Å². The SMILES string of the molecule is O=CNCC1CCN(S(=O)(=O)c2ccc(F)cc2)C1. The number of hydrogen-bond donors (Lipinski definition) is 1. The van der Waals surface area contributed by atoms with Crippen molar-refractivity contribution in [2.75, 3.05) is 19.6 Å². The molecule has 7 heteroatoms. The third-order valence-corrected chi connectivity index (χ3v) is 5.07. The molecule has 1 saturated heterocycles. The van der Waals surface area contributed by atoms with Gasteiger partial charge >= 0.3 is 0 Å². The normalized spacial score (nSPS) is 20.4. The van der Waals surface area contributed by atoms with E-state index in [1.165, 1.54) is 16.4 Å². The number of hydrogen-bond acceptors (Lipinski definition) is 3. The Kier molecular flexibility index (Phi) is 4.16. The van der Waals surface area contributed by atoms with E-state index >= 15 is 0 Å². The van der Waals surface area contributed by atoms with Crippen molar-refractivity contribution in [3.8, 4) is 0 Å². The van der Waals surface area contributed by atoms with E-state index in [0.29, 0.717) is 32.5 Å². The Bertz CT molecular complexity index is 545. The van der Waals surface area contributed by atoms with E-state index in [0.717, 1.165) is 12.1 Å². The minimum Gasteiger partial charge on any atom is -0.358 e. The predicted octanol–water partition coefficient (Wildman–Crippen LogP) is 0.582. The van der Waals surface area contributed by atoms with Crippen LogP contribution in [-0.2, 0) is 14.8 Å². The summed E-state index contributed by atoms with van der Waals surface area (Å²) in [7, 11) is -3.56. The van der Waals surface area contributed by atoms with Gasteiger partial charge in [0.2, 0.25) is 16.4 Å². The second-order valence-electron chi connectivity index (χ2n) is 4.50. The van der Waals surface area contributed by atoms with Crippen molar-refractivity contribution in [2.24, 2.45) is 5.92 Å². The van der Waals surface area contributed by atoms with Gasteiger partial charge in [0.1, 0.15) is 5.82 Å². The number of nitrogens with zero attached hydrogens (tertiary/aromatic N) is 1. The van der Waals surface area contributed by atoms with Crippen molar-refractivity contribution < 1.29 is 17.6 Å². The highest BCUT2D eigenvalue weighted by molar-refractivity contribution is 7.89. The molecule has 1 unspecified atom stereocenters. The van der Waals surface area contributed by atoms with Crippen molar-refractivity contribution in [1.29, 1.82) is 0 Å². The lowest BCUT2D eigenvalue weighted by Crippen LogP contribution is -2.30. The van der Waals surface area contributed by atoms with Crippen LogP contribution >= 0.6 is 0 Å². The van der Waals surface area contributed by atoms with Gasteiger partial charge in [0.25, 0.3) is 0 Å². The van der Waals surface area contributed by atoms with Crippen molar-refractivity contribution in [3.05, 3.63) is 30.1 Å². The van der Waals surface area contributed by atoms with E-state index in [4.69, 9.17) is 0 Å². The Morgan fingerprint density at radius 2 is 2.05 bits per heavy atom. The summed E-state index contributed by atoms with van der Waals surface area (Å²) in [4.78, 5) is 10.3. The van der Waals surface area contributed by atoms with Gasteiger partial charge in [-0.1, -0.05) is 0 Å². The van der Waals surface area contributed by atoms with Crippen LogP contribution in [0.15, 0.2) is 29.2 Å². The number of carbonyl (C=O) groups is 1. The maximum Gasteiger partial charge on any atom is 0.243 e. The molecule has 0 spiro atoms. The Morgan fingerprint density at radius 1 is 1.37 bits per heavy atom. The summed E-state index contributed by atoms with van der Waals surface area (Å²) >= 11 is 0. The zero-order valence-electron chi connectivity index (χ0n) is 10.3. The zero-order valence-corrected chi connectivity index (χ0v) is 11.1. The van der Waals surface area contributed by atoms with Crippen LogP contribution in [0.4, 0.5) is 4.39 Å². The van der Waals surface area contributed by atoms with Gasteiger partial charge in [-0.2, -0.15) is 4.31 Å². The van der Waals surface area contributed by atoms with Crippen LogP contribution in [0.1, 0.15) is 6.42 Å². The van der Waals surface area contributed by atoms with E-state index in [1.54, 1.807) is 0 Å². The summed E-state index contributed by atoms with van der Waals surface area (Å²) in [6.07, 6.45) is 1.32. The number of carbonyl (C=O) groups excluding carboxylic acids is 1. The second-order valence-corrected chi connectivity index (χ2v) is 6.44. The fraction of sp³-hybridized carbons (Fsp3) is 0.417. The van der Waals surface area contributed by atoms with Crippen molar-refractivity contribution in [1.82, 2.24) is 9.62 Å². The summed E-state index contributed by atoms with van der Waals surface area (Å²) in [5.74, 6) is -0.339. The third-order valence-electron chi connectivity index (χ3n) is 3.19. The molecule has 2 rings (SSSR count). The lowest BCUT2D eigenvalue weighted by Gasteiger charge is -2.16. The molecule has 1 aliphatic rings. The molecular weight excluding hydrogens is 271 g/mol. The zero-order chi connectivity index (χ0) is 13.9. The first-order chi connectivity index (χ1) is 9.04. The van der Waals surface area contributed by atoms with Crippen molar-refractivity contribution >= 4 is 16.4 Å². The topological polar surface area (TPSA) is 66.5 Å². The fourth-order valence-corrected chi connectivity index (χ4v) is 3.68. The van der Waals surface area contributed by atoms with Gasteiger partial charge in [-0.15, -0.1) is 0 Å². The molecule has 1 fully saturated rings. The molecule has 0 bridgehead atoms. The average Bonchev–Trinajstić information content (AvgIpc) is 2.86. The minimum atomic E-state index is -3.56. The Labute approximate surface area is 111 Å². The largest absolute Gasteiger partial charge is 0.358 e. The molecular formula is C12H15FN2O3S. The highest BCUT2D eigenvalue weighted by atomic mass is 32.2. The molecule has 0 aromatic heterocycles. The van der Waals surface area contributed by atoms with Gasteiger partial charge in [0, 0.05) is 19.6 Å². The molecule has 104 valence electrons. The van der Waals surface area contributed by atoms with Crippen LogP contribution in [-0.4, -0.2) is 38.8 Å². The molecule has 1 aromatic rings. The molecule has 1 aromatic carbocycles. The Hall–Kier alpha value is -1.47. The van der Waals surface area contributed by atoms with Crippen LogP contribution in [0.2, 0.25) is 0 Å². The monoisotopic (exact) mass is 286 g/mol. The molecule has 1 amide bonds. The van der Waals surface area contributed by atoms with E-state index < -0.39 is 15.8 Å². The highest BCUT2D eigenvalue weighted by Crippen LogP contribution is 2.24. The van der Waals surface area contributed by atoms with Gasteiger partial charge in [-0.05, 0) is 36.6 Å². The molecule has 1 atom stereocenters. The number of nitrogens with one attached hydrogen (secondary N) is 1. The number of sulfonamides is 1. The first kappa shape index (κ1) is 14.0. The quantitative estimate of drug-likeness (QED) is 0.805. The summed E-state index contributed by atoms with van der Waals surface area (Å²) in [5.41, 5.74) is 0. The lowest BCUT2D eigenvalue weighted by molar-refractivity contribution is -0.109. The van der Waals surface area contributed by atoms with Gasteiger partial charge < -0.3 is 5.32 Å². The van der Waals surface area contributed by atoms with Gasteiger partial charge in [0.05, 0.1) is 4.90 Å². The van der Waals surface area contributed by atoms with Gasteiger partial charge in [-0.25, -0.2) is 12.8 Å². The van der Waals surface area contributed by atoms with Crippen LogP contribution in [0.25, 0.3) is 0 Å². The fourth-order valence-electron chi connectivity index (χ4n) is 2.15. The summed E-state index contributed by atoms with van der Waals surface area (Å²) in [6, 6.07) is 4.80. The molecule has 0 aliphatic carbocycles. The molecule has 1 aliphatic heterocycles. The first-order valence-electron chi connectivity index (χ1n) is 5.97. The number of amides is 1. The van der Waals surface area contributed by atoms with Gasteiger partial charge in [0.15, 0.2) is 0 Å². The van der Waals surface area contributed by atoms with E-state index in [-0.39, 0.29) is 10.8 Å². The Morgan fingerprint density at radius 3 is 2.68 bits per heavy atom. The summed E-state index contributed by atoms with van der Waals surface area (Å²) < 4.78 is 38.7. The maximum absolute atomic E-state index is 12.8. The molecule has 0 saturated carbocycles. The maximum atomic E-state index is 12.8. The lowest BCUT2D eigenvalue weighted by atomic mass is 10.1. The average molecular weight is 286 g/mol. The van der Waals surface area contributed by atoms with Crippen LogP contribution < -0.4 is 5.32 Å². The molecule has 0 radical (unpaired) electrons. The molecule has 1 N–H and O–H groups in total. The first-order valence-corrected chi connectivity index (χ1v) is 7.41. The highest BCUT2D eigenvalue weighted by Gasteiger charge is 2.32. The smallest absolute Gasteiger partial charge is 0.243 e. The van der Waals surface area contributed by atoms with Gasteiger partial charge in [-0.3, -0.25) is 4.79 Å². The van der Waals surface area contributed by atoms with Crippen molar-refractivity contribution in [3.63, 3.8) is 0 Å². The van der Waals surface area contributed by atoms with Crippen LogP contribution in [0.5, 0.6) is 0 Å². The molecule has 19 heavy (non-hydrogen) atoms. The predicted molar refractivity (Wildman–Crippen MR) is 67.3 cm³/mol. The molecule has 1 heterocycles. The number of rotatable bonds is 5. The summed E-state index contributed by atoms with van der Waals surface area (Å²) in [5, 5.41) is 2.56. The Balaban J connectivity index is 2.09. The standard InChI is InChI=1S/C12H15FN2O3S/c13-11-1-3-12(4-2-11)19(17,18)15-6-5-10(8-15)7-14-9-16/h1-4,9-10H,5-8H2,(H,14,16). The third kappa shape index (κ3) is 3.10. The van der Waals surface area contributed by atoms with Crippen molar-refractivity contribution in [2.45, 2.75) is 11.3 Å². The molecule has 5 nitrogen and oxygen atoms in total. The number of halogens is 1.